The fraction of sp³-hybridized carbons (Fsp3) is 0.348. The highest BCUT2D eigenvalue weighted by molar-refractivity contribution is 5.77. The second-order valence-electron chi connectivity index (χ2n) is 8.32. The van der Waals surface area contributed by atoms with Gasteiger partial charge < -0.3 is 15.0 Å². The van der Waals surface area contributed by atoms with E-state index >= 15 is 0 Å². The second-order valence-corrected chi connectivity index (χ2v) is 8.32. The topological polar surface area (TPSA) is 72.5 Å². The van der Waals surface area contributed by atoms with Crippen molar-refractivity contribution in [1.29, 1.82) is 0 Å². The maximum Gasteiger partial charge on any atom is 0.208 e. The van der Waals surface area contributed by atoms with Gasteiger partial charge in [-0.1, -0.05) is 0 Å². The minimum Gasteiger partial charge on any atom is -0.493 e. The molecule has 0 unspecified atom stereocenters. The zero-order chi connectivity index (χ0) is 22.2. The Bertz CT molecular complexity index is 1280. The summed E-state index contributed by atoms with van der Waals surface area (Å²) in [4.78, 5) is 11.5. The Labute approximate surface area is 185 Å². The number of rotatable bonds is 7. The molecular formula is C23H26FN7O. The summed E-state index contributed by atoms with van der Waals surface area (Å²) < 4.78 is 23.9. The van der Waals surface area contributed by atoms with E-state index in [9.17, 15) is 4.39 Å². The number of nitrogens with one attached hydrogen (secondary N) is 1. The van der Waals surface area contributed by atoms with Gasteiger partial charge in [0, 0.05) is 60.4 Å². The molecule has 8 nitrogen and oxygen atoms in total. The van der Waals surface area contributed by atoms with Crippen LogP contribution in [0.3, 0.4) is 0 Å². The minimum absolute atomic E-state index is 0.235. The van der Waals surface area contributed by atoms with Gasteiger partial charge >= 0.3 is 0 Å². The van der Waals surface area contributed by atoms with Crippen LogP contribution in [0.1, 0.15) is 16.8 Å². The number of imidazole rings is 1. The summed E-state index contributed by atoms with van der Waals surface area (Å²) in [5.74, 6) is 1.14. The Kier molecular flexibility index (Phi) is 5.26. The molecule has 1 aromatic carbocycles. The number of ether oxygens (including phenoxy) is 1. The molecule has 0 amide bonds. The van der Waals surface area contributed by atoms with Crippen LogP contribution in [0.25, 0.3) is 16.8 Å². The van der Waals surface area contributed by atoms with Crippen molar-refractivity contribution in [3.8, 4) is 16.9 Å². The Hall–Kier alpha value is -3.46. The second kappa shape index (κ2) is 8.23. The lowest BCUT2D eigenvalue weighted by atomic mass is 10.0. The summed E-state index contributed by atoms with van der Waals surface area (Å²) >= 11 is 0. The quantitative estimate of drug-likeness (QED) is 0.481. The van der Waals surface area contributed by atoms with E-state index in [4.69, 9.17) is 9.72 Å². The largest absolute Gasteiger partial charge is 0.493 e. The molecule has 0 bridgehead atoms. The zero-order valence-electron chi connectivity index (χ0n) is 18.5. The van der Waals surface area contributed by atoms with Crippen molar-refractivity contribution in [2.24, 2.45) is 0 Å². The summed E-state index contributed by atoms with van der Waals surface area (Å²) in [7, 11) is 4.08. The van der Waals surface area contributed by atoms with Crippen LogP contribution < -0.4 is 10.1 Å². The SMILES string of the molecule is Cc1cn2c(NCc3c(F)ccc4c3CCO4)ncc(-c3cnn(CCN(C)C)c3)c2n1. The lowest BCUT2D eigenvalue weighted by Crippen LogP contribution is -2.18. The molecule has 0 spiro atoms. The molecule has 1 N–H and O–H groups in total. The molecule has 3 aromatic heterocycles. The van der Waals surface area contributed by atoms with Crippen molar-refractivity contribution >= 4 is 11.6 Å². The predicted octanol–water partition coefficient (Wildman–Crippen LogP) is 3.15. The molecule has 1 aliphatic rings. The predicted molar refractivity (Wildman–Crippen MR) is 120 cm³/mol. The average molecular weight is 436 g/mol. The molecule has 0 aliphatic carbocycles. The first-order valence-corrected chi connectivity index (χ1v) is 10.7. The monoisotopic (exact) mass is 435 g/mol. The first-order chi connectivity index (χ1) is 15.5. The molecule has 0 fully saturated rings. The van der Waals surface area contributed by atoms with Crippen molar-refractivity contribution < 1.29 is 9.13 Å². The highest BCUT2D eigenvalue weighted by atomic mass is 19.1. The molecule has 0 atom stereocenters. The van der Waals surface area contributed by atoms with Gasteiger partial charge in [0.25, 0.3) is 0 Å². The number of hydrogen-bond donors (Lipinski definition) is 1. The normalized spacial score (nSPS) is 13.0. The van der Waals surface area contributed by atoms with Crippen LogP contribution in [0, 0.1) is 12.7 Å². The van der Waals surface area contributed by atoms with Gasteiger partial charge in [-0.15, -0.1) is 0 Å². The molecule has 4 heterocycles. The highest BCUT2D eigenvalue weighted by Crippen LogP contribution is 2.31. The molecule has 166 valence electrons. The number of aryl methyl sites for hydroxylation is 1. The first kappa shape index (κ1) is 20.4. The van der Waals surface area contributed by atoms with E-state index in [1.165, 1.54) is 6.07 Å². The average Bonchev–Trinajstić information content (AvgIpc) is 3.50. The van der Waals surface area contributed by atoms with Crippen LogP contribution in [0.2, 0.25) is 0 Å². The molecule has 5 rings (SSSR count). The van der Waals surface area contributed by atoms with Crippen molar-refractivity contribution in [3.63, 3.8) is 0 Å². The third kappa shape index (κ3) is 3.80. The molecule has 0 radical (unpaired) electrons. The molecule has 1 aliphatic heterocycles. The highest BCUT2D eigenvalue weighted by Gasteiger charge is 2.20. The molecule has 4 aromatic rings. The fourth-order valence-electron chi connectivity index (χ4n) is 4.03. The maximum absolute atomic E-state index is 14.5. The third-order valence-electron chi connectivity index (χ3n) is 5.70. The van der Waals surface area contributed by atoms with Gasteiger partial charge in [-0.2, -0.15) is 5.10 Å². The zero-order valence-corrected chi connectivity index (χ0v) is 18.5. The van der Waals surface area contributed by atoms with E-state index in [1.807, 2.05) is 48.7 Å². The summed E-state index contributed by atoms with van der Waals surface area (Å²) in [5, 5.41) is 7.77. The minimum atomic E-state index is -0.235. The van der Waals surface area contributed by atoms with E-state index in [1.54, 1.807) is 12.3 Å². The Morgan fingerprint density at radius 3 is 2.94 bits per heavy atom. The molecule has 0 saturated heterocycles. The number of likely N-dealkylation sites (N-methyl/N-ethyl adjacent to an activating group) is 1. The number of nitrogens with zero attached hydrogens (tertiary/aromatic N) is 6. The lowest BCUT2D eigenvalue weighted by Gasteiger charge is -2.12. The standard InChI is InChI=1S/C23H26FN7O/c1-15-13-31-22(28-15)18(16-10-27-30(14-16)8-7-29(2)3)11-25-23(31)26-12-19-17-6-9-32-21(17)5-4-20(19)24/h4-5,10-11,13-14H,6-9,12H2,1-3H3,(H,25,26). The van der Waals surface area contributed by atoms with E-state index in [0.29, 0.717) is 31.1 Å². The van der Waals surface area contributed by atoms with Gasteiger partial charge in [0.05, 0.1) is 25.0 Å². The molecule has 9 heteroatoms. The van der Waals surface area contributed by atoms with Crippen LogP contribution >= 0.6 is 0 Å². The number of aromatic nitrogens is 5. The summed E-state index contributed by atoms with van der Waals surface area (Å²) in [5.41, 5.74) is 5.08. The Morgan fingerprint density at radius 1 is 1.22 bits per heavy atom. The Morgan fingerprint density at radius 2 is 2.09 bits per heavy atom. The van der Waals surface area contributed by atoms with E-state index < -0.39 is 0 Å². The molecular weight excluding hydrogens is 409 g/mol. The van der Waals surface area contributed by atoms with Crippen LogP contribution in [0.4, 0.5) is 10.3 Å². The Balaban J connectivity index is 1.44. The summed E-state index contributed by atoms with van der Waals surface area (Å²) in [6, 6.07) is 3.16. The van der Waals surface area contributed by atoms with Crippen LogP contribution in [0.5, 0.6) is 5.75 Å². The number of benzene rings is 1. The van der Waals surface area contributed by atoms with Gasteiger partial charge in [-0.25, -0.2) is 14.4 Å². The summed E-state index contributed by atoms with van der Waals surface area (Å²) in [6.45, 7) is 4.57. The third-order valence-corrected chi connectivity index (χ3v) is 5.70. The van der Waals surface area contributed by atoms with E-state index in [-0.39, 0.29) is 5.82 Å². The van der Waals surface area contributed by atoms with Gasteiger partial charge in [-0.3, -0.25) is 9.08 Å². The number of anilines is 1. The van der Waals surface area contributed by atoms with Gasteiger partial charge in [-0.05, 0) is 33.2 Å². The molecule has 32 heavy (non-hydrogen) atoms. The van der Waals surface area contributed by atoms with E-state index in [2.05, 4.69) is 20.3 Å². The maximum atomic E-state index is 14.5. The van der Waals surface area contributed by atoms with E-state index in [0.717, 1.165) is 46.9 Å². The first-order valence-electron chi connectivity index (χ1n) is 10.7. The van der Waals surface area contributed by atoms with Gasteiger partial charge in [0.2, 0.25) is 5.95 Å². The van der Waals surface area contributed by atoms with Crippen LogP contribution in [-0.2, 0) is 19.5 Å². The van der Waals surface area contributed by atoms with Crippen molar-refractivity contribution in [2.45, 2.75) is 26.4 Å². The van der Waals surface area contributed by atoms with Gasteiger partial charge in [0.1, 0.15) is 17.2 Å². The number of hydrogen-bond acceptors (Lipinski definition) is 6. The number of halogens is 1. The van der Waals surface area contributed by atoms with Crippen molar-refractivity contribution in [1.82, 2.24) is 29.0 Å². The number of fused-ring (bicyclic) bond motifs is 2. The van der Waals surface area contributed by atoms with Crippen molar-refractivity contribution in [2.75, 3.05) is 32.6 Å². The fourth-order valence-corrected chi connectivity index (χ4v) is 4.03. The smallest absolute Gasteiger partial charge is 0.208 e. The van der Waals surface area contributed by atoms with Crippen LogP contribution in [-0.4, -0.2) is 56.3 Å². The summed E-state index contributed by atoms with van der Waals surface area (Å²) in [6.07, 6.45) is 8.30. The van der Waals surface area contributed by atoms with Gasteiger partial charge in [0.15, 0.2) is 0 Å². The van der Waals surface area contributed by atoms with Crippen LogP contribution in [0.15, 0.2) is 36.9 Å². The van der Waals surface area contributed by atoms with Crippen molar-refractivity contribution in [3.05, 3.63) is 59.6 Å². The molecule has 0 saturated carbocycles. The lowest BCUT2D eigenvalue weighted by molar-refractivity contribution is 0.356.